The third-order valence-electron chi connectivity index (χ3n) is 6.01. The minimum absolute atomic E-state index is 0.0639. The van der Waals surface area contributed by atoms with Gasteiger partial charge in [0.1, 0.15) is 5.75 Å². The number of ether oxygens (including phenoxy) is 2. The van der Waals surface area contributed by atoms with Crippen molar-refractivity contribution >= 4 is 5.91 Å². The molecule has 0 radical (unpaired) electrons. The van der Waals surface area contributed by atoms with Gasteiger partial charge in [-0.15, -0.1) is 0 Å². The molecule has 1 aromatic carbocycles. The van der Waals surface area contributed by atoms with E-state index < -0.39 is 6.10 Å². The average Bonchev–Trinajstić information content (AvgIpc) is 2.78. The van der Waals surface area contributed by atoms with E-state index in [1.807, 2.05) is 29.2 Å². The molecular weight excluding hydrogens is 382 g/mol. The lowest BCUT2D eigenvalue weighted by Gasteiger charge is -2.52. The number of amides is 1. The number of hydrogen-bond acceptors (Lipinski definition) is 6. The summed E-state index contributed by atoms with van der Waals surface area (Å²) in [5.74, 6) is 0.364. The zero-order valence-corrected chi connectivity index (χ0v) is 17.3. The fourth-order valence-electron chi connectivity index (χ4n) is 4.42. The van der Waals surface area contributed by atoms with E-state index in [9.17, 15) is 9.90 Å². The maximum atomic E-state index is 13.0. The van der Waals surface area contributed by atoms with E-state index >= 15 is 0 Å². The first-order chi connectivity index (χ1) is 14.7. The smallest absolute Gasteiger partial charge is 0.255 e. The first-order valence-corrected chi connectivity index (χ1v) is 10.5. The molecule has 7 heteroatoms. The number of aromatic nitrogens is 1. The zero-order valence-electron chi connectivity index (χ0n) is 17.3. The molecule has 0 bridgehead atoms. The van der Waals surface area contributed by atoms with Crippen molar-refractivity contribution in [1.82, 2.24) is 14.8 Å². The van der Waals surface area contributed by atoms with E-state index in [-0.39, 0.29) is 23.7 Å². The second-order valence-corrected chi connectivity index (χ2v) is 7.93. The number of rotatable bonds is 8. The molecule has 0 unspecified atom stereocenters. The highest BCUT2D eigenvalue weighted by Gasteiger charge is 2.52. The van der Waals surface area contributed by atoms with Crippen LogP contribution in [-0.4, -0.2) is 71.4 Å². The van der Waals surface area contributed by atoms with Crippen molar-refractivity contribution in [2.24, 2.45) is 0 Å². The molecular formula is C23H29N3O4. The lowest BCUT2D eigenvalue weighted by Crippen LogP contribution is -2.64. The highest BCUT2D eigenvalue weighted by molar-refractivity contribution is 5.89. The minimum Gasteiger partial charge on any atom is -0.508 e. The van der Waals surface area contributed by atoms with Gasteiger partial charge in [-0.05, 0) is 48.2 Å². The summed E-state index contributed by atoms with van der Waals surface area (Å²) in [7, 11) is 1.63. The van der Waals surface area contributed by atoms with Crippen molar-refractivity contribution in [1.29, 1.82) is 0 Å². The summed E-state index contributed by atoms with van der Waals surface area (Å²) in [6, 6.07) is 11.5. The molecule has 1 aromatic heterocycles. The summed E-state index contributed by atoms with van der Waals surface area (Å²) >= 11 is 0. The maximum absolute atomic E-state index is 13.0. The average molecular weight is 412 g/mol. The maximum Gasteiger partial charge on any atom is 0.255 e. The Bertz CT molecular complexity index is 822. The van der Waals surface area contributed by atoms with E-state index in [4.69, 9.17) is 9.47 Å². The zero-order chi connectivity index (χ0) is 20.9. The highest BCUT2D eigenvalue weighted by atomic mass is 16.5. The summed E-state index contributed by atoms with van der Waals surface area (Å²) in [5, 5.41) is 9.45. The van der Waals surface area contributed by atoms with Gasteiger partial charge < -0.3 is 19.5 Å². The summed E-state index contributed by atoms with van der Waals surface area (Å²) in [4.78, 5) is 21.5. The molecule has 0 aliphatic carbocycles. The summed E-state index contributed by atoms with van der Waals surface area (Å²) in [5.41, 5.74) is 2.26. The number of benzene rings is 1. The number of β-lactam (4-membered cyclic amide) rings is 1. The van der Waals surface area contributed by atoms with Crippen molar-refractivity contribution in [2.75, 3.05) is 33.4 Å². The summed E-state index contributed by atoms with van der Waals surface area (Å²) < 4.78 is 10.9. The van der Waals surface area contributed by atoms with Crippen molar-refractivity contribution in [3.05, 3.63) is 59.9 Å². The van der Waals surface area contributed by atoms with Crippen molar-refractivity contribution < 1.29 is 19.4 Å². The second-order valence-electron chi connectivity index (χ2n) is 7.93. The minimum atomic E-state index is -0.447. The van der Waals surface area contributed by atoms with E-state index in [2.05, 4.69) is 9.88 Å². The quantitative estimate of drug-likeness (QED) is 0.531. The molecule has 4 rings (SSSR count). The van der Waals surface area contributed by atoms with Gasteiger partial charge in [-0.2, -0.15) is 0 Å². The second kappa shape index (κ2) is 9.55. The molecule has 160 valence electrons. The van der Waals surface area contributed by atoms with Crippen LogP contribution in [0.5, 0.6) is 5.75 Å². The van der Waals surface area contributed by atoms with Gasteiger partial charge in [0, 0.05) is 45.2 Å². The molecule has 2 aliphatic heterocycles. The Kier molecular flexibility index (Phi) is 6.62. The van der Waals surface area contributed by atoms with Crippen LogP contribution in [0.3, 0.4) is 0 Å². The Labute approximate surface area is 177 Å². The van der Waals surface area contributed by atoms with Crippen molar-refractivity contribution in [3.8, 4) is 5.75 Å². The van der Waals surface area contributed by atoms with Gasteiger partial charge in [-0.25, -0.2) is 0 Å². The first kappa shape index (κ1) is 20.8. The van der Waals surface area contributed by atoms with Gasteiger partial charge >= 0.3 is 0 Å². The van der Waals surface area contributed by atoms with Crippen LogP contribution in [0, 0.1) is 0 Å². The lowest BCUT2D eigenvalue weighted by atomic mass is 9.86. The van der Waals surface area contributed by atoms with Crippen LogP contribution in [0.15, 0.2) is 48.8 Å². The van der Waals surface area contributed by atoms with Crippen LogP contribution in [0.2, 0.25) is 0 Å². The van der Waals surface area contributed by atoms with Crippen LogP contribution < -0.4 is 0 Å². The molecule has 30 heavy (non-hydrogen) atoms. The Hall–Kier alpha value is -2.48. The Morgan fingerprint density at radius 2 is 1.77 bits per heavy atom. The molecule has 2 atom stereocenters. The van der Waals surface area contributed by atoms with Crippen LogP contribution in [0.4, 0.5) is 0 Å². The van der Waals surface area contributed by atoms with Crippen LogP contribution in [0.1, 0.15) is 30.0 Å². The lowest BCUT2D eigenvalue weighted by molar-refractivity contribution is -0.184. The Morgan fingerprint density at radius 3 is 2.43 bits per heavy atom. The number of carbonyl (C=O) groups excluding carboxylic acids is 1. The summed E-state index contributed by atoms with van der Waals surface area (Å²) in [6.07, 6.45) is 4.97. The standard InChI is InChI=1S/C23H29N3O4/c1-29-14-15-30-22-21(18-6-10-24-11-7-18)26(23(22)28)19-8-12-25(13-9-19)16-17-2-4-20(27)5-3-17/h2-7,10-11,19,21-22,27H,8-9,12-16H2,1H3/t21-,22+/m0/s1. The normalized spacial score (nSPS) is 22.8. The number of phenols is 1. The molecule has 0 saturated carbocycles. The molecule has 7 nitrogen and oxygen atoms in total. The van der Waals surface area contributed by atoms with Gasteiger partial charge in [-0.1, -0.05) is 12.1 Å². The largest absolute Gasteiger partial charge is 0.508 e. The summed E-state index contributed by atoms with van der Waals surface area (Å²) in [6.45, 7) is 3.62. The monoisotopic (exact) mass is 411 g/mol. The van der Waals surface area contributed by atoms with Gasteiger partial charge in [0.05, 0.1) is 19.3 Å². The third kappa shape index (κ3) is 4.48. The molecule has 1 N–H and O–H groups in total. The van der Waals surface area contributed by atoms with Gasteiger partial charge in [0.2, 0.25) is 0 Å². The number of piperidine rings is 1. The van der Waals surface area contributed by atoms with E-state index in [1.165, 1.54) is 5.56 Å². The molecule has 2 saturated heterocycles. The van der Waals surface area contributed by atoms with Crippen LogP contribution in [0.25, 0.3) is 0 Å². The Balaban J connectivity index is 1.39. The van der Waals surface area contributed by atoms with E-state index in [0.29, 0.717) is 13.2 Å². The molecule has 2 aromatic rings. The molecule has 0 spiro atoms. The number of likely N-dealkylation sites (tertiary alicyclic amines) is 2. The number of aromatic hydroxyl groups is 1. The Morgan fingerprint density at radius 1 is 1.07 bits per heavy atom. The first-order valence-electron chi connectivity index (χ1n) is 10.5. The predicted octanol–water partition coefficient (Wildman–Crippen LogP) is 2.37. The van der Waals surface area contributed by atoms with Crippen molar-refractivity contribution in [2.45, 2.75) is 37.6 Å². The number of phenolic OH excluding ortho intramolecular Hbond substituents is 1. The number of pyridine rings is 1. The number of carbonyl (C=O) groups is 1. The van der Waals surface area contributed by atoms with Crippen LogP contribution in [-0.2, 0) is 20.8 Å². The predicted molar refractivity (Wildman–Crippen MR) is 112 cm³/mol. The van der Waals surface area contributed by atoms with E-state index in [0.717, 1.165) is 38.0 Å². The number of nitrogens with zero attached hydrogens (tertiary/aromatic N) is 3. The van der Waals surface area contributed by atoms with Crippen molar-refractivity contribution in [3.63, 3.8) is 0 Å². The van der Waals surface area contributed by atoms with Gasteiger partial charge in [-0.3, -0.25) is 14.7 Å². The SMILES string of the molecule is COCCO[C@H]1C(=O)N(C2CCN(Cc3ccc(O)cc3)CC2)[C@H]1c1ccncc1. The number of methoxy groups -OCH3 is 1. The molecule has 1 amide bonds. The molecule has 2 fully saturated rings. The third-order valence-corrected chi connectivity index (χ3v) is 6.01. The van der Waals surface area contributed by atoms with Gasteiger partial charge in [0.15, 0.2) is 6.10 Å². The topological polar surface area (TPSA) is 75.1 Å². The fraction of sp³-hybridized carbons (Fsp3) is 0.478. The van der Waals surface area contributed by atoms with Gasteiger partial charge in [0.25, 0.3) is 5.91 Å². The fourth-order valence-corrected chi connectivity index (χ4v) is 4.42. The molecule has 3 heterocycles. The van der Waals surface area contributed by atoms with E-state index in [1.54, 1.807) is 31.6 Å². The van der Waals surface area contributed by atoms with Crippen LogP contribution >= 0.6 is 0 Å². The molecule has 2 aliphatic rings. The highest BCUT2D eigenvalue weighted by Crippen LogP contribution is 2.40. The number of hydrogen-bond donors (Lipinski definition) is 1.